The minimum Gasteiger partial charge on any atom is -0.382 e. The minimum atomic E-state index is -4.64. The second-order valence-electron chi connectivity index (χ2n) is 5.55. The summed E-state index contributed by atoms with van der Waals surface area (Å²) in [5.74, 6) is 0. The summed E-state index contributed by atoms with van der Waals surface area (Å²) in [6.45, 7) is 1.75. The smallest absolute Gasteiger partial charge is 0.382 e. The van der Waals surface area contributed by atoms with Gasteiger partial charge in [-0.15, -0.1) is 0 Å². The number of aromatic amines is 1. The van der Waals surface area contributed by atoms with Crippen molar-refractivity contribution in [3.05, 3.63) is 32.6 Å². The Labute approximate surface area is 142 Å². The van der Waals surface area contributed by atoms with Crippen LogP contribution >= 0.6 is 7.82 Å². The highest BCUT2D eigenvalue weighted by molar-refractivity contribution is 7.46. The molecule has 0 bridgehead atoms. The van der Waals surface area contributed by atoms with E-state index in [4.69, 9.17) is 24.0 Å². The molecule has 1 aromatic heterocycles. The van der Waals surface area contributed by atoms with Crippen molar-refractivity contribution in [3.8, 4) is 0 Å². The quantitative estimate of drug-likeness (QED) is 0.392. The van der Waals surface area contributed by atoms with Gasteiger partial charge in [0.25, 0.3) is 5.56 Å². The zero-order valence-electron chi connectivity index (χ0n) is 13.8. The average molecular weight is 380 g/mol. The van der Waals surface area contributed by atoms with Gasteiger partial charge in [0, 0.05) is 25.3 Å². The monoisotopic (exact) mass is 380 g/mol. The maximum absolute atomic E-state index is 12.1. The molecule has 25 heavy (non-hydrogen) atoms. The van der Waals surface area contributed by atoms with Gasteiger partial charge >= 0.3 is 13.5 Å². The Kier molecular flexibility index (Phi) is 6.69. The predicted octanol–water partition coefficient (Wildman–Crippen LogP) is -0.727. The number of aryl methyl sites for hydroxylation is 1. The van der Waals surface area contributed by atoms with E-state index in [1.807, 2.05) is 0 Å². The number of methoxy groups -OCH3 is 1. The molecule has 12 heteroatoms. The molecule has 3 N–H and O–H groups in total. The van der Waals surface area contributed by atoms with Crippen LogP contribution in [-0.2, 0) is 23.3 Å². The first-order valence-electron chi connectivity index (χ1n) is 7.49. The molecule has 0 aromatic carbocycles. The lowest BCUT2D eigenvalue weighted by Gasteiger charge is -2.21. The van der Waals surface area contributed by atoms with Crippen LogP contribution in [0.3, 0.4) is 0 Å². The summed E-state index contributed by atoms with van der Waals surface area (Å²) < 4.78 is 32.7. The second kappa shape index (κ2) is 8.37. The molecule has 142 valence electrons. The molecule has 0 unspecified atom stereocenters. The second-order valence-corrected chi connectivity index (χ2v) is 6.79. The SMILES string of the molecule is COCCO[C@H]1C[C@@H](COP(=O)(O)O)O[C@H]1n1cc(C)c(=O)[nH]c1=O. The van der Waals surface area contributed by atoms with Gasteiger partial charge in [-0.3, -0.25) is 18.9 Å². The van der Waals surface area contributed by atoms with E-state index in [2.05, 4.69) is 9.51 Å². The Morgan fingerprint density at radius 3 is 2.76 bits per heavy atom. The van der Waals surface area contributed by atoms with E-state index in [9.17, 15) is 14.2 Å². The van der Waals surface area contributed by atoms with Gasteiger partial charge in [0.2, 0.25) is 0 Å². The van der Waals surface area contributed by atoms with Crippen LogP contribution in [0.1, 0.15) is 18.2 Å². The third kappa shape index (κ3) is 5.58. The molecule has 1 aliphatic heterocycles. The van der Waals surface area contributed by atoms with E-state index in [-0.39, 0.29) is 19.6 Å². The Hall–Kier alpha value is -1.33. The standard InChI is InChI=1S/C13H21N2O9P/c1-8-6-15(13(17)14-11(8)16)12-10(22-4-3-21-2)5-9(24-12)7-23-25(18,19)20/h6,9-10,12H,3-5,7H2,1-2H3,(H,14,16,17)(H2,18,19,20)/t9-,10-,12+/m0/s1. The number of hydrogen-bond donors (Lipinski definition) is 3. The van der Waals surface area contributed by atoms with E-state index >= 15 is 0 Å². The molecule has 1 aliphatic rings. The molecule has 1 aromatic rings. The van der Waals surface area contributed by atoms with Gasteiger partial charge in [-0.1, -0.05) is 0 Å². The number of H-pyrrole nitrogens is 1. The van der Waals surface area contributed by atoms with E-state index < -0.39 is 37.5 Å². The first-order valence-corrected chi connectivity index (χ1v) is 9.02. The molecule has 1 fully saturated rings. The Morgan fingerprint density at radius 2 is 2.12 bits per heavy atom. The third-order valence-electron chi connectivity index (χ3n) is 3.61. The van der Waals surface area contributed by atoms with Gasteiger partial charge in [-0.25, -0.2) is 9.36 Å². The molecular weight excluding hydrogens is 359 g/mol. The molecule has 0 radical (unpaired) electrons. The van der Waals surface area contributed by atoms with Crippen molar-refractivity contribution in [1.82, 2.24) is 9.55 Å². The maximum atomic E-state index is 12.1. The summed E-state index contributed by atoms with van der Waals surface area (Å²) in [6, 6.07) is 0. The van der Waals surface area contributed by atoms with Crippen LogP contribution in [0.4, 0.5) is 0 Å². The fourth-order valence-corrected chi connectivity index (χ4v) is 2.82. The van der Waals surface area contributed by atoms with E-state index in [0.717, 1.165) is 0 Å². The lowest BCUT2D eigenvalue weighted by molar-refractivity contribution is -0.0783. The van der Waals surface area contributed by atoms with Crippen molar-refractivity contribution in [2.24, 2.45) is 0 Å². The number of nitrogens with one attached hydrogen (secondary N) is 1. The normalized spacial score (nSPS) is 23.9. The van der Waals surface area contributed by atoms with Crippen LogP contribution in [-0.4, -0.2) is 58.5 Å². The Morgan fingerprint density at radius 1 is 1.40 bits per heavy atom. The number of ether oxygens (including phenoxy) is 3. The van der Waals surface area contributed by atoms with E-state index in [1.54, 1.807) is 6.92 Å². The summed E-state index contributed by atoms with van der Waals surface area (Å²) in [5.41, 5.74) is -0.858. The van der Waals surface area contributed by atoms with Crippen LogP contribution in [0.25, 0.3) is 0 Å². The van der Waals surface area contributed by atoms with Gasteiger partial charge in [-0.2, -0.15) is 0 Å². The van der Waals surface area contributed by atoms with Crippen LogP contribution in [0.5, 0.6) is 0 Å². The van der Waals surface area contributed by atoms with Crippen molar-refractivity contribution in [1.29, 1.82) is 0 Å². The third-order valence-corrected chi connectivity index (χ3v) is 4.10. The number of rotatable bonds is 8. The molecule has 11 nitrogen and oxygen atoms in total. The minimum absolute atomic E-state index is 0.240. The van der Waals surface area contributed by atoms with Crippen molar-refractivity contribution < 1.29 is 33.1 Å². The van der Waals surface area contributed by atoms with Crippen LogP contribution < -0.4 is 11.2 Å². The highest BCUT2D eigenvalue weighted by Gasteiger charge is 2.39. The lowest BCUT2D eigenvalue weighted by Crippen LogP contribution is -2.37. The van der Waals surface area contributed by atoms with Gasteiger partial charge < -0.3 is 24.0 Å². The van der Waals surface area contributed by atoms with Crippen molar-refractivity contribution >= 4 is 7.82 Å². The topological polar surface area (TPSA) is 149 Å². The zero-order valence-corrected chi connectivity index (χ0v) is 14.7. The predicted molar refractivity (Wildman–Crippen MR) is 84.2 cm³/mol. The molecule has 1 saturated heterocycles. The van der Waals surface area contributed by atoms with Gasteiger partial charge in [0.15, 0.2) is 6.23 Å². The fourth-order valence-electron chi connectivity index (χ4n) is 2.46. The zero-order chi connectivity index (χ0) is 18.6. The number of phosphoric ester groups is 1. The van der Waals surface area contributed by atoms with Crippen molar-refractivity contribution in [2.75, 3.05) is 26.9 Å². The Bertz CT molecular complexity index is 740. The summed E-state index contributed by atoms with van der Waals surface area (Å²) in [6.07, 6.45) is -0.540. The van der Waals surface area contributed by atoms with Gasteiger partial charge in [-0.05, 0) is 6.92 Å². The first-order chi connectivity index (χ1) is 11.7. The van der Waals surface area contributed by atoms with E-state index in [0.29, 0.717) is 12.2 Å². The summed E-state index contributed by atoms with van der Waals surface area (Å²) in [4.78, 5) is 43.4. The molecule has 3 atom stereocenters. The number of nitrogens with zero attached hydrogens (tertiary/aromatic N) is 1. The highest BCUT2D eigenvalue weighted by Crippen LogP contribution is 2.38. The Balaban J connectivity index is 2.19. The molecule has 0 amide bonds. The summed E-state index contributed by atoms with van der Waals surface area (Å²) in [7, 11) is -3.12. The van der Waals surface area contributed by atoms with Crippen LogP contribution in [0.2, 0.25) is 0 Å². The summed E-state index contributed by atoms with van der Waals surface area (Å²) >= 11 is 0. The molecule has 2 heterocycles. The molecule has 0 saturated carbocycles. The maximum Gasteiger partial charge on any atom is 0.469 e. The highest BCUT2D eigenvalue weighted by atomic mass is 31.2. The molecule has 2 rings (SSSR count). The van der Waals surface area contributed by atoms with Crippen LogP contribution in [0.15, 0.2) is 15.8 Å². The number of hydrogen-bond acceptors (Lipinski definition) is 7. The molecule has 0 aliphatic carbocycles. The van der Waals surface area contributed by atoms with Crippen LogP contribution in [0, 0.1) is 6.92 Å². The average Bonchev–Trinajstić information content (AvgIpc) is 2.92. The van der Waals surface area contributed by atoms with Gasteiger partial charge in [0.05, 0.1) is 25.9 Å². The van der Waals surface area contributed by atoms with Crippen molar-refractivity contribution in [2.45, 2.75) is 31.8 Å². The van der Waals surface area contributed by atoms with Gasteiger partial charge in [0.1, 0.15) is 6.10 Å². The fraction of sp³-hybridized carbons (Fsp3) is 0.692. The van der Waals surface area contributed by atoms with Crippen molar-refractivity contribution in [3.63, 3.8) is 0 Å². The van der Waals surface area contributed by atoms with E-state index in [1.165, 1.54) is 17.9 Å². The number of aromatic nitrogens is 2. The molecular formula is C13H21N2O9P. The number of phosphoric acid groups is 1. The summed E-state index contributed by atoms with van der Waals surface area (Å²) in [5, 5.41) is 0. The molecule has 0 spiro atoms. The first kappa shape index (κ1) is 20.0. The lowest BCUT2D eigenvalue weighted by atomic mass is 10.2. The largest absolute Gasteiger partial charge is 0.469 e.